The molecule has 12 heteroatoms. The highest BCUT2D eigenvalue weighted by Crippen LogP contribution is 2.22. The lowest BCUT2D eigenvalue weighted by Gasteiger charge is -2.22. The van der Waals surface area contributed by atoms with Crippen LogP contribution in [0.25, 0.3) is 0 Å². The third kappa shape index (κ3) is 11.3. The first-order chi connectivity index (χ1) is 21.2. The van der Waals surface area contributed by atoms with Crippen molar-refractivity contribution in [2.75, 3.05) is 37.2 Å². The molecule has 0 aliphatic rings. The predicted octanol–water partition coefficient (Wildman–Crippen LogP) is 3.42. The van der Waals surface area contributed by atoms with Crippen molar-refractivity contribution in [2.45, 2.75) is 39.3 Å². The first-order valence-corrected chi connectivity index (χ1v) is 16.5. The lowest BCUT2D eigenvalue weighted by Crippen LogP contribution is -2.46. The van der Waals surface area contributed by atoms with E-state index in [1.54, 1.807) is 19.1 Å². The van der Waals surface area contributed by atoms with Gasteiger partial charge in [-0.2, -0.15) is 0 Å². The van der Waals surface area contributed by atoms with Gasteiger partial charge in [-0.05, 0) is 60.7 Å². The second-order valence-corrected chi connectivity index (χ2v) is 13.4. The van der Waals surface area contributed by atoms with Crippen molar-refractivity contribution in [2.24, 2.45) is 5.92 Å². The molecule has 0 aliphatic carbocycles. The fourth-order valence-electron chi connectivity index (χ4n) is 4.44. The van der Waals surface area contributed by atoms with Crippen LogP contribution in [0.1, 0.15) is 58.7 Å². The molecule has 3 aromatic rings. The van der Waals surface area contributed by atoms with E-state index >= 15 is 0 Å². The Bertz CT molecular complexity index is 1570. The molecule has 0 radical (unpaired) electrons. The Morgan fingerprint density at radius 3 is 2.02 bits per heavy atom. The maximum atomic E-state index is 13.6. The third-order valence-electron chi connectivity index (χ3n) is 7.06. The molecule has 0 bridgehead atoms. The minimum atomic E-state index is -3.72. The maximum Gasteiger partial charge on any atom is 0.251 e. The molecule has 3 rings (SSSR count). The van der Waals surface area contributed by atoms with E-state index in [0.29, 0.717) is 24.4 Å². The van der Waals surface area contributed by atoms with E-state index in [0.717, 1.165) is 16.1 Å². The van der Waals surface area contributed by atoms with E-state index in [1.165, 1.54) is 37.4 Å². The molecule has 0 fully saturated rings. The van der Waals surface area contributed by atoms with Gasteiger partial charge in [0.05, 0.1) is 24.5 Å². The molecule has 0 unspecified atom stereocenters. The van der Waals surface area contributed by atoms with Crippen LogP contribution in [0.5, 0.6) is 0 Å². The molecule has 0 saturated carbocycles. The van der Waals surface area contributed by atoms with Crippen molar-refractivity contribution in [3.05, 3.63) is 101 Å². The second-order valence-electron chi connectivity index (χ2n) is 11.4. The second kappa shape index (κ2) is 16.1. The predicted molar refractivity (Wildman–Crippen MR) is 174 cm³/mol. The van der Waals surface area contributed by atoms with Crippen molar-refractivity contribution in [1.82, 2.24) is 21.3 Å². The SMILES string of the molecule is CC(C)CNC(=O)CNC[C@H](Cc1ccccc1)NC(=O)c1cc(C(=O)N[C@H](C)c2ccc(F)cc2)cc(N(C)S(C)(=O)=O)c1. The van der Waals surface area contributed by atoms with Gasteiger partial charge in [0.15, 0.2) is 0 Å². The van der Waals surface area contributed by atoms with Crippen LogP contribution in [0.15, 0.2) is 72.8 Å². The fourth-order valence-corrected chi connectivity index (χ4v) is 4.93. The average Bonchev–Trinajstić information content (AvgIpc) is 2.99. The minimum Gasteiger partial charge on any atom is -0.355 e. The summed E-state index contributed by atoms with van der Waals surface area (Å²) in [6, 6.07) is 18.5. The van der Waals surface area contributed by atoms with Crippen LogP contribution in [0.4, 0.5) is 10.1 Å². The van der Waals surface area contributed by atoms with Gasteiger partial charge in [-0.15, -0.1) is 0 Å². The van der Waals surface area contributed by atoms with E-state index < -0.39 is 39.7 Å². The van der Waals surface area contributed by atoms with E-state index in [1.807, 2.05) is 44.2 Å². The summed E-state index contributed by atoms with van der Waals surface area (Å²) >= 11 is 0. The van der Waals surface area contributed by atoms with E-state index in [4.69, 9.17) is 0 Å². The zero-order valence-electron chi connectivity index (χ0n) is 26.3. The Kier molecular flexibility index (Phi) is 12.6. The highest BCUT2D eigenvalue weighted by atomic mass is 32.2. The lowest BCUT2D eigenvalue weighted by molar-refractivity contribution is -0.120. The van der Waals surface area contributed by atoms with E-state index in [9.17, 15) is 27.2 Å². The minimum absolute atomic E-state index is 0.0685. The molecule has 2 atom stereocenters. The molecule has 0 aromatic heterocycles. The number of rotatable bonds is 15. The standard InChI is InChI=1S/C33H42FN5O5S/c1-22(2)19-36-31(40)21-35-20-29(15-24-9-7-6-8-10-24)38-33(42)27-16-26(17-30(18-27)39(4)45(5,43)44)32(41)37-23(3)25-11-13-28(34)14-12-25/h6-14,16-18,22-23,29,35H,15,19-21H2,1-5H3,(H,36,40)(H,37,41)(H,38,42)/t23-,29+/m1/s1. The van der Waals surface area contributed by atoms with E-state index in [2.05, 4.69) is 21.3 Å². The quantitative estimate of drug-likeness (QED) is 0.201. The summed E-state index contributed by atoms with van der Waals surface area (Å²) in [5.41, 5.74) is 1.91. The van der Waals surface area contributed by atoms with Crippen LogP contribution in [-0.4, -0.2) is 65.1 Å². The zero-order chi connectivity index (χ0) is 33.1. The molecular formula is C33H42FN5O5S. The number of anilines is 1. The van der Waals surface area contributed by atoms with Crippen LogP contribution in [0, 0.1) is 11.7 Å². The molecule has 4 N–H and O–H groups in total. The molecule has 45 heavy (non-hydrogen) atoms. The molecule has 0 heterocycles. The molecule has 242 valence electrons. The monoisotopic (exact) mass is 639 g/mol. The first kappa shape index (κ1) is 35.2. The zero-order valence-corrected chi connectivity index (χ0v) is 27.1. The normalized spacial score (nSPS) is 12.7. The third-order valence-corrected chi connectivity index (χ3v) is 8.27. The highest BCUT2D eigenvalue weighted by Gasteiger charge is 2.22. The van der Waals surface area contributed by atoms with Gasteiger partial charge in [-0.1, -0.05) is 56.3 Å². The topological polar surface area (TPSA) is 137 Å². The number of hydrogen-bond acceptors (Lipinski definition) is 6. The molecular weight excluding hydrogens is 597 g/mol. The summed E-state index contributed by atoms with van der Waals surface area (Å²) in [7, 11) is -2.38. The van der Waals surface area contributed by atoms with Crippen molar-refractivity contribution >= 4 is 33.4 Å². The summed E-state index contributed by atoms with van der Waals surface area (Å²) in [6.45, 7) is 6.64. The Hall–Kier alpha value is -4.29. The molecule has 3 amide bonds. The van der Waals surface area contributed by atoms with Gasteiger partial charge in [0.2, 0.25) is 15.9 Å². The van der Waals surface area contributed by atoms with Crippen LogP contribution < -0.4 is 25.6 Å². The summed E-state index contributed by atoms with van der Waals surface area (Å²) in [4.78, 5) is 39.2. The number of halogens is 1. The molecule has 0 aliphatic heterocycles. The van der Waals surface area contributed by atoms with Gasteiger partial charge >= 0.3 is 0 Å². The Morgan fingerprint density at radius 1 is 0.844 bits per heavy atom. The summed E-state index contributed by atoms with van der Waals surface area (Å²) in [5, 5.41) is 11.8. The number of sulfonamides is 1. The van der Waals surface area contributed by atoms with Gasteiger partial charge in [0, 0.05) is 37.3 Å². The van der Waals surface area contributed by atoms with Crippen LogP contribution >= 0.6 is 0 Å². The first-order valence-electron chi connectivity index (χ1n) is 14.7. The van der Waals surface area contributed by atoms with Crippen LogP contribution in [-0.2, 0) is 21.2 Å². The van der Waals surface area contributed by atoms with Crippen molar-refractivity contribution in [1.29, 1.82) is 0 Å². The number of nitrogens with zero attached hydrogens (tertiary/aromatic N) is 1. The summed E-state index contributed by atoms with van der Waals surface area (Å²) in [6.07, 6.45) is 1.48. The average molecular weight is 640 g/mol. The van der Waals surface area contributed by atoms with Gasteiger partial charge in [0.25, 0.3) is 11.8 Å². The highest BCUT2D eigenvalue weighted by molar-refractivity contribution is 7.92. The van der Waals surface area contributed by atoms with Crippen molar-refractivity contribution < 1.29 is 27.2 Å². The van der Waals surface area contributed by atoms with E-state index in [-0.39, 0.29) is 35.8 Å². The van der Waals surface area contributed by atoms with Gasteiger partial charge < -0.3 is 21.3 Å². The fraction of sp³-hybridized carbons (Fsp3) is 0.364. The lowest BCUT2D eigenvalue weighted by atomic mass is 10.0. The maximum absolute atomic E-state index is 13.6. The van der Waals surface area contributed by atoms with Crippen LogP contribution in [0.3, 0.4) is 0 Å². The summed E-state index contributed by atoms with van der Waals surface area (Å²) < 4.78 is 39.1. The Balaban J connectivity index is 1.85. The molecule has 0 spiro atoms. The smallest absolute Gasteiger partial charge is 0.251 e. The number of hydrogen-bond donors (Lipinski definition) is 4. The number of nitrogens with one attached hydrogen (secondary N) is 4. The van der Waals surface area contributed by atoms with Crippen molar-refractivity contribution in [3.63, 3.8) is 0 Å². The van der Waals surface area contributed by atoms with Gasteiger partial charge in [-0.25, -0.2) is 12.8 Å². The molecule has 0 saturated heterocycles. The van der Waals surface area contributed by atoms with Gasteiger partial charge in [-0.3, -0.25) is 18.7 Å². The van der Waals surface area contributed by atoms with Crippen LogP contribution in [0.2, 0.25) is 0 Å². The number of amides is 3. The number of carbonyl (C=O) groups is 3. The van der Waals surface area contributed by atoms with Gasteiger partial charge in [0.1, 0.15) is 5.82 Å². The van der Waals surface area contributed by atoms with Crippen molar-refractivity contribution in [3.8, 4) is 0 Å². The number of benzene rings is 3. The molecule has 10 nitrogen and oxygen atoms in total. The largest absolute Gasteiger partial charge is 0.355 e. The Morgan fingerprint density at radius 2 is 1.44 bits per heavy atom. The molecule has 3 aromatic carbocycles. The Labute approximate surface area is 264 Å². The summed E-state index contributed by atoms with van der Waals surface area (Å²) in [5.74, 6) is -1.31. The number of carbonyl (C=O) groups excluding carboxylic acids is 3.